The molecule has 0 aliphatic carbocycles. The fourth-order valence-electron chi connectivity index (χ4n) is 1.67. The number of rotatable bonds is 6. The van der Waals surface area contributed by atoms with Gasteiger partial charge in [0.05, 0.1) is 13.7 Å². The van der Waals surface area contributed by atoms with Gasteiger partial charge in [-0.05, 0) is 17.7 Å². The molecule has 18 heavy (non-hydrogen) atoms. The normalized spacial score (nSPS) is 12.2. The molecule has 0 saturated heterocycles. The van der Waals surface area contributed by atoms with Crippen molar-refractivity contribution in [1.82, 2.24) is 0 Å². The number of carboxylic acid groups (broad SMARTS) is 1. The van der Waals surface area contributed by atoms with Crippen LogP contribution in [-0.2, 0) is 22.6 Å². The van der Waals surface area contributed by atoms with Gasteiger partial charge in [0.15, 0.2) is 0 Å². The van der Waals surface area contributed by atoms with E-state index in [0.29, 0.717) is 12.4 Å². The topological polar surface area (TPSA) is 81.8 Å². The summed E-state index contributed by atoms with van der Waals surface area (Å²) in [5, 5.41) is 8.88. The Morgan fingerprint density at radius 1 is 1.50 bits per heavy atom. The van der Waals surface area contributed by atoms with Gasteiger partial charge in [0.1, 0.15) is 11.8 Å². The van der Waals surface area contributed by atoms with Gasteiger partial charge in [-0.3, -0.25) is 4.79 Å². The van der Waals surface area contributed by atoms with Gasteiger partial charge in [0.25, 0.3) is 0 Å². The average Bonchev–Trinajstić information content (AvgIpc) is 2.31. The number of hydrogen-bond donors (Lipinski definition) is 2. The highest BCUT2D eigenvalue weighted by molar-refractivity contribution is 9.10. The summed E-state index contributed by atoms with van der Waals surface area (Å²) in [6, 6.07) is 2.69. The van der Waals surface area contributed by atoms with Crippen LogP contribution in [0.5, 0.6) is 5.75 Å². The van der Waals surface area contributed by atoms with Crippen LogP contribution in [0.2, 0.25) is 0 Å². The third kappa shape index (κ3) is 3.69. The van der Waals surface area contributed by atoms with Gasteiger partial charge in [-0.2, -0.15) is 0 Å². The third-order valence-electron chi connectivity index (χ3n) is 2.53. The zero-order chi connectivity index (χ0) is 13.7. The molecule has 5 nitrogen and oxygen atoms in total. The Labute approximate surface area is 114 Å². The Morgan fingerprint density at radius 3 is 2.67 bits per heavy atom. The molecule has 0 radical (unpaired) electrons. The van der Waals surface area contributed by atoms with E-state index >= 15 is 0 Å². The summed E-state index contributed by atoms with van der Waals surface area (Å²) in [6.07, 6.45) is 0.199. The van der Waals surface area contributed by atoms with Crippen molar-refractivity contribution in [3.05, 3.63) is 27.7 Å². The highest BCUT2D eigenvalue weighted by Crippen LogP contribution is 2.29. The monoisotopic (exact) mass is 317 g/mol. The van der Waals surface area contributed by atoms with Gasteiger partial charge in [0, 0.05) is 23.6 Å². The Bertz CT molecular complexity index is 436. The number of hydrogen-bond acceptors (Lipinski definition) is 4. The average molecular weight is 318 g/mol. The largest absolute Gasteiger partial charge is 0.496 e. The van der Waals surface area contributed by atoms with Crippen LogP contribution in [0.15, 0.2) is 16.6 Å². The van der Waals surface area contributed by atoms with E-state index in [1.165, 1.54) is 7.11 Å². The lowest BCUT2D eigenvalue weighted by molar-refractivity contribution is -0.138. The van der Waals surface area contributed by atoms with Crippen molar-refractivity contribution in [3.63, 3.8) is 0 Å². The standard InChI is InChI=1S/C12H16BrNO4/c1-17-6-7-3-8(13)4-11(18-2)9(7)5-10(14)12(15)16/h3-4,10H,5-6,14H2,1-2H3,(H,15,16). The van der Waals surface area contributed by atoms with Gasteiger partial charge in [-0.25, -0.2) is 0 Å². The Kier molecular flexibility index (Phi) is 5.58. The van der Waals surface area contributed by atoms with Crippen LogP contribution >= 0.6 is 15.9 Å². The van der Waals surface area contributed by atoms with Crippen LogP contribution in [0.25, 0.3) is 0 Å². The minimum Gasteiger partial charge on any atom is -0.496 e. The molecule has 1 aromatic rings. The second-order valence-electron chi connectivity index (χ2n) is 3.83. The number of carbonyl (C=O) groups is 1. The van der Waals surface area contributed by atoms with Gasteiger partial charge in [-0.1, -0.05) is 15.9 Å². The van der Waals surface area contributed by atoms with Crippen molar-refractivity contribution >= 4 is 21.9 Å². The van der Waals surface area contributed by atoms with Crippen molar-refractivity contribution < 1.29 is 19.4 Å². The summed E-state index contributed by atoms with van der Waals surface area (Å²) in [4.78, 5) is 10.8. The Hall–Kier alpha value is -1.11. The lowest BCUT2D eigenvalue weighted by atomic mass is 10.00. The number of halogens is 1. The van der Waals surface area contributed by atoms with Crippen molar-refractivity contribution in [1.29, 1.82) is 0 Å². The first-order chi connectivity index (χ1) is 8.49. The maximum absolute atomic E-state index is 10.8. The molecule has 1 aromatic carbocycles. The van der Waals surface area contributed by atoms with Gasteiger partial charge >= 0.3 is 5.97 Å². The number of nitrogens with two attached hydrogens (primary N) is 1. The molecule has 3 N–H and O–H groups in total. The van der Waals surface area contributed by atoms with Crippen LogP contribution in [-0.4, -0.2) is 31.3 Å². The van der Waals surface area contributed by atoms with E-state index in [-0.39, 0.29) is 6.42 Å². The molecule has 1 rings (SSSR count). The molecule has 0 aliphatic heterocycles. The van der Waals surface area contributed by atoms with Crippen LogP contribution in [0.4, 0.5) is 0 Å². The van der Waals surface area contributed by atoms with E-state index in [0.717, 1.165) is 15.6 Å². The lowest BCUT2D eigenvalue weighted by Crippen LogP contribution is -2.32. The fourth-order valence-corrected chi connectivity index (χ4v) is 2.16. The summed E-state index contributed by atoms with van der Waals surface area (Å²) in [7, 11) is 3.11. The highest BCUT2D eigenvalue weighted by Gasteiger charge is 2.18. The van der Waals surface area contributed by atoms with Gasteiger partial charge in [0.2, 0.25) is 0 Å². The third-order valence-corrected chi connectivity index (χ3v) is 2.98. The molecule has 1 unspecified atom stereocenters. The van der Waals surface area contributed by atoms with Crippen molar-refractivity contribution in [2.75, 3.05) is 14.2 Å². The number of ether oxygens (including phenoxy) is 2. The predicted molar refractivity (Wildman–Crippen MR) is 70.7 cm³/mol. The van der Waals surface area contributed by atoms with E-state index in [1.807, 2.05) is 6.07 Å². The van der Waals surface area contributed by atoms with Gasteiger partial charge in [-0.15, -0.1) is 0 Å². The summed E-state index contributed by atoms with van der Waals surface area (Å²) in [6.45, 7) is 0.372. The SMILES string of the molecule is COCc1cc(Br)cc(OC)c1CC(N)C(=O)O. The molecule has 0 bridgehead atoms. The minimum atomic E-state index is -1.04. The fraction of sp³-hybridized carbons (Fsp3) is 0.417. The molecule has 0 saturated carbocycles. The molecule has 1 atom stereocenters. The number of carboxylic acids is 1. The van der Waals surface area contributed by atoms with E-state index < -0.39 is 12.0 Å². The van der Waals surface area contributed by atoms with Crippen molar-refractivity contribution in [3.8, 4) is 5.75 Å². The molecular formula is C12H16BrNO4. The Morgan fingerprint density at radius 2 is 2.17 bits per heavy atom. The molecule has 0 amide bonds. The van der Waals surface area contributed by atoms with E-state index in [1.54, 1.807) is 13.2 Å². The number of methoxy groups -OCH3 is 2. The van der Waals surface area contributed by atoms with Crippen LogP contribution in [0, 0.1) is 0 Å². The number of aliphatic carboxylic acids is 1. The molecule has 100 valence electrons. The van der Waals surface area contributed by atoms with E-state index in [2.05, 4.69) is 15.9 Å². The van der Waals surface area contributed by atoms with E-state index in [4.69, 9.17) is 20.3 Å². The zero-order valence-electron chi connectivity index (χ0n) is 10.3. The van der Waals surface area contributed by atoms with Crippen LogP contribution < -0.4 is 10.5 Å². The summed E-state index contributed by atoms with van der Waals surface area (Å²) in [5.74, 6) is -0.434. The Balaban J connectivity index is 3.15. The summed E-state index contributed by atoms with van der Waals surface area (Å²) < 4.78 is 11.2. The van der Waals surface area contributed by atoms with Crippen molar-refractivity contribution in [2.24, 2.45) is 5.73 Å². The maximum Gasteiger partial charge on any atom is 0.320 e. The van der Waals surface area contributed by atoms with Crippen molar-refractivity contribution in [2.45, 2.75) is 19.1 Å². The van der Waals surface area contributed by atoms with Crippen LogP contribution in [0.1, 0.15) is 11.1 Å². The maximum atomic E-state index is 10.8. The number of benzene rings is 1. The molecule has 0 heterocycles. The molecule has 0 fully saturated rings. The highest BCUT2D eigenvalue weighted by atomic mass is 79.9. The second-order valence-corrected chi connectivity index (χ2v) is 4.74. The quantitative estimate of drug-likeness (QED) is 0.832. The molecule has 0 spiro atoms. The van der Waals surface area contributed by atoms with Crippen LogP contribution in [0.3, 0.4) is 0 Å². The first kappa shape index (κ1) is 14.9. The first-order valence-corrected chi connectivity index (χ1v) is 6.11. The zero-order valence-corrected chi connectivity index (χ0v) is 11.9. The predicted octanol–water partition coefficient (Wildman–Crippen LogP) is 1.56. The molecule has 6 heteroatoms. The summed E-state index contributed by atoms with van der Waals surface area (Å²) >= 11 is 3.37. The lowest BCUT2D eigenvalue weighted by Gasteiger charge is -2.16. The second kappa shape index (κ2) is 6.72. The minimum absolute atomic E-state index is 0.199. The molecular weight excluding hydrogens is 302 g/mol. The smallest absolute Gasteiger partial charge is 0.320 e. The van der Waals surface area contributed by atoms with Gasteiger partial charge < -0.3 is 20.3 Å². The molecule has 0 aliphatic rings. The summed E-state index contributed by atoms with van der Waals surface area (Å²) in [5.41, 5.74) is 7.19. The van der Waals surface area contributed by atoms with E-state index in [9.17, 15) is 4.79 Å². The molecule has 0 aromatic heterocycles. The first-order valence-electron chi connectivity index (χ1n) is 5.32.